The van der Waals surface area contributed by atoms with Gasteiger partial charge in [-0.15, -0.1) is 0 Å². The summed E-state index contributed by atoms with van der Waals surface area (Å²) in [7, 11) is 3.47. The minimum Gasteiger partial charge on any atom is -0.354 e. The first-order valence-electron chi connectivity index (χ1n) is 7.62. The summed E-state index contributed by atoms with van der Waals surface area (Å²) >= 11 is 0. The summed E-state index contributed by atoms with van der Waals surface area (Å²) in [5, 5.41) is 2.90. The zero-order valence-electron chi connectivity index (χ0n) is 13.3. The fourth-order valence-electron chi connectivity index (χ4n) is 2.75. The molecule has 0 aliphatic rings. The second-order valence-corrected chi connectivity index (χ2v) is 5.68. The first-order chi connectivity index (χ1) is 11.1. The highest BCUT2D eigenvalue weighted by Gasteiger charge is 2.09. The molecule has 0 saturated heterocycles. The van der Waals surface area contributed by atoms with Crippen molar-refractivity contribution in [1.82, 2.24) is 13.7 Å². The molecule has 6 heteroatoms. The van der Waals surface area contributed by atoms with Gasteiger partial charge in [-0.1, -0.05) is 0 Å². The van der Waals surface area contributed by atoms with E-state index in [2.05, 4.69) is 9.88 Å². The summed E-state index contributed by atoms with van der Waals surface area (Å²) in [6.07, 6.45) is 5.22. The fourth-order valence-corrected chi connectivity index (χ4v) is 2.75. The van der Waals surface area contributed by atoms with E-state index in [0.29, 0.717) is 12.1 Å². The summed E-state index contributed by atoms with van der Waals surface area (Å²) in [6.45, 7) is 0.826. The van der Waals surface area contributed by atoms with Crippen LogP contribution in [0.15, 0.2) is 47.5 Å². The van der Waals surface area contributed by atoms with Gasteiger partial charge in [-0.3, -0.25) is 13.9 Å². The maximum atomic E-state index is 12.0. The summed E-state index contributed by atoms with van der Waals surface area (Å²) < 4.78 is 5.23. The minimum atomic E-state index is -0.0739. The van der Waals surface area contributed by atoms with Gasteiger partial charge in [0.1, 0.15) is 0 Å². The number of nitrogens with one attached hydrogen (secondary N) is 1. The van der Waals surface area contributed by atoms with Gasteiger partial charge >= 0.3 is 5.69 Å². The number of fused-ring (bicyclic) bond motifs is 1. The van der Waals surface area contributed by atoms with Crippen LogP contribution >= 0.6 is 0 Å². The third-order valence-electron chi connectivity index (χ3n) is 4.04. The Morgan fingerprint density at radius 1 is 1.09 bits per heavy atom. The SMILES string of the molecule is Cn1c(=O)n(C)c2cc(NC(=O)CCCn3cccc3)ccc21. The predicted octanol–water partition coefficient (Wildman–Crippen LogP) is 2.10. The van der Waals surface area contributed by atoms with Gasteiger partial charge in [0.15, 0.2) is 0 Å². The Morgan fingerprint density at radius 2 is 1.78 bits per heavy atom. The van der Waals surface area contributed by atoms with E-state index in [1.807, 2.05) is 42.7 Å². The van der Waals surface area contributed by atoms with Crippen molar-refractivity contribution >= 4 is 22.6 Å². The minimum absolute atomic E-state index is 0.0163. The Balaban J connectivity index is 1.65. The highest BCUT2D eigenvalue weighted by atomic mass is 16.2. The van der Waals surface area contributed by atoms with Crippen LogP contribution in [0, 0.1) is 0 Å². The van der Waals surface area contributed by atoms with Crippen LogP contribution in [0.1, 0.15) is 12.8 Å². The van der Waals surface area contributed by atoms with Crippen molar-refractivity contribution in [1.29, 1.82) is 0 Å². The number of carbonyl (C=O) groups is 1. The molecule has 0 atom stereocenters. The largest absolute Gasteiger partial charge is 0.354 e. The van der Waals surface area contributed by atoms with E-state index >= 15 is 0 Å². The number of benzene rings is 1. The predicted molar refractivity (Wildman–Crippen MR) is 90.5 cm³/mol. The average Bonchev–Trinajstić information content (AvgIpc) is 3.12. The zero-order chi connectivity index (χ0) is 16.4. The summed E-state index contributed by atoms with van der Waals surface area (Å²) in [4.78, 5) is 24.0. The first-order valence-corrected chi connectivity index (χ1v) is 7.62. The molecule has 0 aliphatic heterocycles. The van der Waals surface area contributed by atoms with Gasteiger partial charge in [0, 0.05) is 45.1 Å². The van der Waals surface area contributed by atoms with Crippen molar-refractivity contribution in [3.63, 3.8) is 0 Å². The van der Waals surface area contributed by atoms with E-state index in [1.54, 1.807) is 23.2 Å². The van der Waals surface area contributed by atoms with Crippen molar-refractivity contribution in [3.8, 4) is 0 Å². The number of nitrogens with zero attached hydrogens (tertiary/aromatic N) is 3. The molecule has 3 rings (SSSR count). The lowest BCUT2D eigenvalue weighted by Crippen LogP contribution is -2.19. The molecule has 3 aromatic rings. The van der Waals surface area contributed by atoms with Crippen molar-refractivity contribution in [2.45, 2.75) is 19.4 Å². The second kappa shape index (κ2) is 6.16. The normalized spacial score (nSPS) is 11.0. The van der Waals surface area contributed by atoms with Crippen LogP contribution < -0.4 is 11.0 Å². The summed E-state index contributed by atoms with van der Waals surface area (Å²) in [5.74, 6) is -0.0163. The van der Waals surface area contributed by atoms with Crippen LogP contribution in [0.4, 0.5) is 5.69 Å². The third-order valence-corrected chi connectivity index (χ3v) is 4.04. The molecule has 0 unspecified atom stereocenters. The average molecular weight is 312 g/mol. The zero-order valence-corrected chi connectivity index (χ0v) is 13.3. The van der Waals surface area contributed by atoms with Crippen molar-refractivity contribution < 1.29 is 4.79 Å². The Labute approximate surface area is 134 Å². The fraction of sp³-hybridized carbons (Fsp3) is 0.294. The molecule has 1 amide bonds. The number of imidazole rings is 1. The molecule has 0 spiro atoms. The smallest absolute Gasteiger partial charge is 0.328 e. The lowest BCUT2D eigenvalue weighted by Gasteiger charge is -2.06. The summed E-state index contributed by atoms with van der Waals surface area (Å²) in [5.41, 5.74) is 2.30. The molecule has 0 bridgehead atoms. The van der Waals surface area contributed by atoms with E-state index in [0.717, 1.165) is 24.0 Å². The van der Waals surface area contributed by atoms with Crippen molar-refractivity contribution in [2.24, 2.45) is 14.1 Å². The summed E-state index contributed by atoms with van der Waals surface area (Å²) in [6, 6.07) is 9.46. The number of hydrogen-bond acceptors (Lipinski definition) is 2. The Bertz CT molecular complexity index is 887. The molecule has 2 heterocycles. The first kappa shape index (κ1) is 15.1. The molecule has 23 heavy (non-hydrogen) atoms. The van der Waals surface area contributed by atoms with Crippen LogP contribution in [-0.2, 0) is 25.4 Å². The molecule has 0 saturated carbocycles. The molecule has 0 fully saturated rings. The van der Waals surface area contributed by atoms with E-state index < -0.39 is 0 Å². The van der Waals surface area contributed by atoms with E-state index in [4.69, 9.17) is 0 Å². The molecule has 2 aromatic heterocycles. The highest BCUT2D eigenvalue weighted by molar-refractivity contribution is 5.93. The number of rotatable bonds is 5. The van der Waals surface area contributed by atoms with Gasteiger partial charge in [0.2, 0.25) is 5.91 Å². The molecule has 120 valence electrons. The monoisotopic (exact) mass is 312 g/mol. The van der Waals surface area contributed by atoms with Gasteiger partial charge < -0.3 is 9.88 Å². The Hall–Kier alpha value is -2.76. The molecule has 1 N–H and O–H groups in total. The number of anilines is 1. The lowest BCUT2D eigenvalue weighted by atomic mass is 10.2. The van der Waals surface area contributed by atoms with Gasteiger partial charge in [0.25, 0.3) is 0 Å². The van der Waals surface area contributed by atoms with Crippen molar-refractivity contribution in [2.75, 3.05) is 5.32 Å². The standard InChI is InChI=1S/C17H20N4O2/c1-19-14-8-7-13(12-15(14)20(2)17(19)23)18-16(22)6-5-11-21-9-3-4-10-21/h3-4,7-10,12H,5-6,11H2,1-2H3,(H,18,22). The van der Waals surface area contributed by atoms with Crippen LogP contribution in [0.25, 0.3) is 11.0 Å². The Kier molecular flexibility index (Phi) is 4.06. The number of carbonyl (C=O) groups excluding carboxylic acids is 1. The van der Waals surface area contributed by atoms with Crippen LogP contribution in [-0.4, -0.2) is 19.6 Å². The van der Waals surface area contributed by atoms with Gasteiger partial charge in [-0.2, -0.15) is 0 Å². The van der Waals surface area contributed by atoms with Crippen LogP contribution in [0.2, 0.25) is 0 Å². The van der Waals surface area contributed by atoms with E-state index in [1.165, 1.54) is 0 Å². The van der Waals surface area contributed by atoms with Crippen LogP contribution in [0.3, 0.4) is 0 Å². The molecule has 1 aromatic carbocycles. The topological polar surface area (TPSA) is 61.0 Å². The molecular formula is C17H20N4O2. The molecule has 0 radical (unpaired) electrons. The maximum Gasteiger partial charge on any atom is 0.328 e. The molecule has 6 nitrogen and oxygen atoms in total. The number of amides is 1. The quantitative estimate of drug-likeness (QED) is 0.784. The highest BCUT2D eigenvalue weighted by Crippen LogP contribution is 2.17. The van der Waals surface area contributed by atoms with Gasteiger partial charge in [-0.05, 0) is 36.8 Å². The number of hydrogen-bond donors (Lipinski definition) is 1. The lowest BCUT2D eigenvalue weighted by molar-refractivity contribution is -0.116. The Morgan fingerprint density at radius 3 is 2.52 bits per heavy atom. The van der Waals surface area contributed by atoms with Crippen molar-refractivity contribution in [3.05, 3.63) is 53.2 Å². The third kappa shape index (κ3) is 3.06. The maximum absolute atomic E-state index is 12.0. The second-order valence-electron chi connectivity index (χ2n) is 5.68. The van der Waals surface area contributed by atoms with Crippen LogP contribution in [0.5, 0.6) is 0 Å². The molecule has 0 aliphatic carbocycles. The van der Waals surface area contributed by atoms with Gasteiger partial charge in [0.05, 0.1) is 11.0 Å². The van der Waals surface area contributed by atoms with E-state index in [9.17, 15) is 9.59 Å². The number of aromatic nitrogens is 3. The number of aryl methyl sites for hydroxylation is 3. The van der Waals surface area contributed by atoms with Gasteiger partial charge in [-0.25, -0.2) is 4.79 Å². The molecular weight excluding hydrogens is 292 g/mol. The van der Waals surface area contributed by atoms with E-state index in [-0.39, 0.29) is 11.6 Å².